The van der Waals surface area contributed by atoms with Crippen LogP contribution in [0, 0.1) is 11.3 Å². The van der Waals surface area contributed by atoms with E-state index in [1.165, 1.54) is 0 Å². The van der Waals surface area contributed by atoms with Crippen LogP contribution < -0.4 is 9.47 Å². The predicted octanol–water partition coefficient (Wildman–Crippen LogP) is 1.34. The predicted molar refractivity (Wildman–Crippen MR) is 52.9 cm³/mol. The maximum atomic E-state index is 8.90. The highest BCUT2D eigenvalue weighted by Crippen LogP contribution is 2.24. The highest BCUT2D eigenvalue weighted by molar-refractivity contribution is 5.47. The van der Waals surface area contributed by atoms with Gasteiger partial charge in [-0.2, -0.15) is 5.26 Å². The van der Waals surface area contributed by atoms with Gasteiger partial charge in [-0.05, 0) is 12.1 Å². The van der Waals surface area contributed by atoms with Gasteiger partial charge in [0, 0.05) is 6.07 Å². The van der Waals surface area contributed by atoms with Crippen LogP contribution in [0.4, 0.5) is 0 Å². The van der Waals surface area contributed by atoms with Crippen molar-refractivity contribution in [3.8, 4) is 17.6 Å². The van der Waals surface area contributed by atoms with Gasteiger partial charge in [0.1, 0.15) is 30.3 Å². The van der Waals surface area contributed by atoms with E-state index in [1.54, 1.807) is 25.3 Å². The Balaban J connectivity index is 2.11. The fourth-order valence-corrected chi connectivity index (χ4v) is 1.20. The average molecular weight is 205 g/mol. The quantitative estimate of drug-likeness (QED) is 0.696. The van der Waals surface area contributed by atoms with E-state index in [0.29, 0.717) is 23.7 Å². The first kappa shape index (κ1) is 9.81. The normalized spacial score (nSPS) is 18.0. The minimum Gasteiger partial charge on any atom is -0.497 e. The van der Waals surface area contributed by atoms with Crippen LogP contribution in [0.25, 0.3) is 0 Å². The number of hydrogen-bond donors (Lipinski definition) is 0. The first-order chi connectivity index (χ1) is 7.33. The van der Waals surface area contributed by atoms with Crippen molar-refractivity contribution in [2.24, 2.45) is 0 Å². The Hall–Kier alpha value is -1.73. The maximum Gasteiger partial charge on any atom is 0.137 e. The van der Waals surface area contributed by atoms with Gasteiger partial charge in [-0.15, -0.1) is 0 Å². The van der Waals surface area contributed by atoms with E-state index in [1.807, 2.05) is 0 Å². The molecule has 1 aliphatic heterocycles. The molecule has 1 saturated heterocycles. The van der Waals surface area contributed by atoms with Gasteiger partial charge in [0.25, 0.3) is 0 Å². The third kappa shape index (κ3) is 2.39. The molecule has 1 unspecified atom stereocenters. The van der Waals surface area contributed by atoms with Crippen LogP contribution in [0.15, 0.2) is 18.2 Å². The molecule has 0 N–H and O–H groups in total. The second-order valence-electron chi connectivity index (χ2n) is 3.24. The molecule has 0 saturated carbocycles. The zero-order chi connectivity index (χ0) is 10.7. The molecule has 78 valence electrons. The number of nitriles is 1. The van der Waals surface area contributed by atoms with Crippen molar-refractivity contribution >= 4 is 0 Å². The second-order valence-corrected chi connectivity index (χ2v) is 3.24. The van der Waals surface area contributed by atoms with Gasteiger partial charge in [-0.1, -0.05) is 0 Å². The summed E-state index contributed by atoms with van der Waals surface area (Å²) in [6, 6.07) is 7.23. The van der Waals surface area contributed by atoms with Gasteiger partial charge >= 0.3 is 0 Å². The number of rotatable bonds is 4. The third-order valence-corrected chi connectivity index (χ3v) is 2.13. The molecule has 2 rings (SSSR count). The standard InChI is InChI=1S/C11H11NO3/c1-13-9-2-3-11(8(4-9)5-12)15-7-10-6-14-10/h2-4,10H,6-7H2,1H3. The summed E-state index contributed by atoms with van der Waals surface area (Å²) in [6.07, 6.45) is 0.193. The third-order valence-electron chi connectivity index (χ3n) is 2.13. The SMILES string of the molecule is COc1ccc(OCC2CO2)c(C#N)c1. The van der Waals surface area contributed by atoms with Crippen molar-refractivity contribution in [2.45, 2.75) is 6.10 Å². The molecule has 0 bridgehead atoms. The lowest BCUT2D eigenvalue weighted by molar-refractivity contribution is 0.262. The lowest BCUT2D eigenvalue weighted by atomic mass is 10.2. The van der Waals surface area contributed by atoms with E-state index < -0.39 is 0 Å². The van der Waals surface area contributed by atoms with Crippen LogP contribution >= 0.6 is 0 Å². The molecule has 1 aromatic carbocycles. The molecule has 1 aromatic rings. The molecule has 4 nitrogen and oxygen atoms in total. The van der Waals surface area contributed by atoms with Gasteiger partial charge in [0.2, 0.25) is 0 Å². The summed E-state index contributed by atoms with van der Waals surface area (Å²) in [5.41, 5.74) is 0.481. The number of epoxide rings is 1. The summed E-state index contributed by atoms with van der Waals surface area (Å²) in [5, 5.41) is 8.90. The highest BCUT2D eigenvalue weighted by Gasteiger charge is 2.23. The highest BCUT2D eigenvalue weighted by atomic mass is 16.6. The van der Waals surface area contributed by atoms with Crippen LogP contribution in [0.5, 0.6) is 11.5 Å². The van der Waals surface area contributed by atoms with Crippen LogP contribution in [0.1, 0.15) is 5.56 Å². The number of hydrogen-bond acceptors (Lipinski definition) is 4. The molecule has 1 heterocycles. The van der Waals surface area contributed by atoms with Crippen molar-refractivity contribution in [3.63, 3.8) is 0 Å². The Bertz CT molecular complexity index is 393. The fraction of sp³-hybridized carbons (Fsp3) is 0.364. The monoisotopic (exact) mass is 205 g/mol. The fourth-order valence-electron chi connectivity index (χ4n) is 1.20. The Morgan fingerprint density at radius 3 is 3.00 bits per heavy atom. The Kier molecular flexibility index (Phi) is 2.75. The number of ether oxygens (including phenoxy) is 3. The molecular formula is C11H11NO3. The van der Waals surface area contributed by atoms with E-state index >= 15 is 0 Å². The van der Waals surface area contributed by atoms with Gasteiger partial charge in [0.15, 0.2) is 0 Å². The molecular weight excluding hydrogens is 194 g/mol. The molecule has 1 atom stereocenters. The lowest BCUT2D eigenvalue weighted by Crippen LogP contribution is -2.05. The first-order valence-corrected chi connectivity index (χ1v) is 4.66. The summed E-state index contributed by atoms with van der Waals surface area (Å²) >= 11 is 0. The molecule has 1 fully saturated rings. The first-order valence-electron chi connectivity index (χ1n) is 4.66. The molecule has 0 amide bonds. The minimum absolute atomic E-state index is 0.193. The minimum atomic E-state index is 0.193. The number of benzene rings is 1. The van der Waals surface area contributed by atoms with E-state index in [-0.39, 0.29) is 6.10 Å². The summed E-state index contributed by atoms with van der Waals surface area (Å²) in [5.74, 6) is 1.23. The van der Waals surface area contributed by atoms with Gasteiger partial charge in [0.05, 0.1) is 19.3 Å². The molecule has 0 spiro atoms. The van der Waals surface area contributed by atoms with Crippen molar-refractivity contribution in [1.29, 1.82) is 5.26 Å². The largest absolute Gasteiger partial charge is 0.497 e. The maximum absolute atomic E-state index is 8.90. The van der Waals surface area contributed by atoms with Crippen LogP contribution in [-0.2, 0) is 4.74 Å². The molecule has 1 aliphatic rings. The van der Waals surface area contributed by atoms with Crippen molar-refractivity contribution in [3.05, 3.63) is 23.8 Å². The second kappa shape index (κ2) is 4.20. The van der Waals surface area contributed by atoms with E-state index in [2.05, 4.69) is 6.07 Å². The van der Waals surface area contributed by atoms with Crippen molar-refractivity contribution in [2.75, 3.05) is 20.3 Å². The summed E-state index contributed by atoms with van der Waals surface area (Å²) in [7, 11) is 1.56. The van der Waals surface area contributed by atoms with Gasteiger partial charge in [-0.3, -0.25) is 0 Å². The number of nitrogens with zero attached hydrogens (tertiary/aromatic N) is 1. The number of methoxy groups -OCH3 is 1. The van der Waals surface area contributed by atoms with Crippen LogP contribution in [0.2, 0.25) is 0 Å². The lowest BCUT2D eigenvalue weighted by Gasteiger charge is -2.07. The van der Waals surface area contributed by atoms with E-state index in [0.717, 1.165) is 6.61 Å². The van der Waals surface area contributed by atoms with Crippen molar-refractivity contribution in [1.82, 2.24) is 0 Å². The summed E-state index contributed by atoms with van der Waals surface area (Å²) in [4.78, 5) is 0. The zero-order valence-corrected chi connectivity index (χ0v) is 8.40. The van der Waals surface area contributed by atoms with Gasteiger partial charge in [-0.25, -0.2) is 0 Å². The van der Waals surface area contributed by atoms with E-state index in [9.17, 15) is 0 Å². The average Bonchev–Trinajstić information content (AvgIpc) is 3.10. The summed E-state index contributed by atoms with van der Waals surface area (Å²) in [6.45, 7) is 1.25. The zero-order valence-electron chi connectivity index (χ0n) is 8.40. The molecule has 4 heteroatoms. The smallest absolute Gasteiger partial charge is 0.137 e. The Labute approximate surface area is 88.0 Å². The van der Waals surface area contributed by atoms with E-state index in [4.69, 9.17) is 19.5 Å². The van der Waals surface area contributed by atoms with Crippen LogP contribution in [-0.4, -0.2) is 26.4 Å². The molecule has 0 aromatic heterocycles. The van der Waals surface area contributed by atoms with Crippen molar-refractivity contribution < 1.29 is 14.2 Å². The van der Waals surface area contributed by atoms with Gasteiger partial charge < -0.3 is 14.2 Å². The Morgan fingerprint density at radius 2 is 2.40 bits per heavy atom. The molecule has 15 heavy (non-hydrogen) atoms. The molecule has 0 radical (unpaired) electrons. The topological polar surface area (TPSA) is 54.8 Å². The summed E-state index contributed by atoms with van der Waals surface area (Å²) < 4.78 is 15.5. The molecule has 0 aliphatic carbocycles. The Morgan fingerprint density at radius 1 is 1.60 bits per heavy atom. The van der Waals surface area contributed by atoms with Crippen LogP contribution in [0.3, 0.4) is 0 Å².